The fraction of sp³-hybridized carbons (Fsp3) is 0.450. The molecule has 1 fully saturated rings. The van der Waals surface area contributed by atoms with Gasteiger partial charge in [0, 0.05) is 12.5 Å². The van der Waals surface area contributed by atoms with Gasteiger partial charge in [0.15, 0.2) is 11.5 Å². The Bertz CT molecular complexity index is 978. The lowest BCUT2D eigenvalue weighted by atomic mass is 10.2. The molecule has 0 N–H and O–H groups in total. The summed E-state index contributed by atoms with van der Waals surface area (Å²) < 4.78 is 12.2. The lowest BCUT2D eigenvalue weighted by Gasteiger charge is -2.20. The molecular weight excluding hydrogens is 372 g/mol. The highest BCUT2D eigenvalue weighted by atomic mass is 16.5. The molecule has 0 bridgehead atoms. The number of carbonyl (C=O) groups excluding carboxylic acids is 1. The predicted octanol–water partition coefficient (Wildman–Crippen LogP) is 2.82. The first kappa shape index (κ1) is 19.1. The van der Waals surface area contributed by atoms with Gasteiger partial charge in [0.2, 0.25) is 5.89 Å². The number of nitrogens with zero attached hydrogens (tertiary/aromatic N) is 6. The van der Waals surface area contributed by atoms with Gasteiger partial charge in [0.1, 0.15) is 11.8 Å². The van der Waals surface area contributed by atoms with Crippen molar-refractivity contribution in [2.24, 2.45) is 0 Å². The van der Waals surface area contributed by atoms with Crippen molar-refractivity contribution in [1.29, 1.82) is 0 Å². The molecule has 1 saturated heterocycles. The normalized spacial score (nSPS) is 16.6. The van der Waals surface area contributed by atoms with Crippen LogP contribution in [-0.4, -0.2) is 49.6 Å². The van der Waals surface area contributed by atoms with Gasteiger partial charge in [0.05, 0.1) is 19.9 Å². The van der Waals surface area contributed by atoms with E-state index in [1.54, 1.807) is 22.9 Å². The van der Waals surface area contributed by atoms with E-state index in [2.05, 4.69) is 20.5 Å². The monoisotopic (exact) mass is 396 g/mol. The molecule has 0 radical (unpaired) electrons. The maximum absolute atomic E-state index is 13.0. The molecule has 0 unspecified atom stereocenters. The number of benzene rings is 1. The molecule has 3 heterocycles. The summed E-state index contributed by atoms with van der Waals surface area (Å²) in [5.74, 6) is 1.95. The molecule has 152 valence electrons. The number of aromatic nitrogens is 5. The van der Waals surface area contributed by atoms with Crippen LogP contribution in [0.1, 0.15) is 66.4 Å². The molecule has 0 aliphatic carbocycles. The van der Waals surface area contributed by atoms with Crippen LogP contribution < -0.4 is 4.74 Å². The Hall–Kier alpha value is -3.23. The van der Waals surface area contributed by atoms with Crippen molar-refractivity contribution in [3.8, 4) is 5.75 Å². The van der Waals surface area contributed by atoms with Gasteiger partial charge in [-0.1, -0.05) is 36.4 Å². The minimum absolute atomic E-state index is 0.169. The van der Waals surface area contributed by atoms with Gasteiger partial charge < -0.3 is 14.2 Å². The summed E-state index contributed by atoms with van der Waals surface area (Å²) in [6.07, 6.45) is 3.36. The first-order valence-electron chi connectivity index (χ1n) is 9.72. The van der Waals surface area contributed by atoms with E-state index in [9.17, 15) is 4.79 Å². The number of methoxy groups -OCH3 is 1. The van der Waals surface area contributed by atoms with Crippen LogP contribution in [0.15, 0.2) is 35.0 Å². The van der Waals surface area contributed by atoms with Gasteiger partial charge in [-0.05, 0) is 30.5 Å². The third kappa shape index (κ3) is 3.98. The average molecular weight is 396 g/mol. The molecule has 1 atom stereocenters. The van der Waals surface area contributed by atoms with Gasteiger partial charge in [-0.15, -0.1) is 5.10 Å². The zero-order valence-corrected chi connectivity index (χ0v) is 16.8. The van der Waals surface area contributed by atoms with Crippen LogP contribution in [-0.2, 0) is 6.54 Å². The Kier molecular flexibility index (Phi) is 5.28. The molecular formula is C20H24N6O3. The van der Waals surface area contributed by atoms with E-state index in [4.69, 9.17) is 9.26 Å². The highest BCUT2D eigenvalue weighted by Gasteiger charge is 2.35. The lowest BCUT2D eigenvalue weighted by molar-refractivity contribution is 0.0704. The van der Waals surface area contributed by atoms with E-state index < -0.39 is 0 Å². The maximum atomic E-state index is 13.0. The van der Waals surface area contributed by atoms with Crippen LogP contribution in [0.3, 0.4) is 0 Å². The molecule has 1 amide bonds. The first-order valence-corrected chi connectivity index (χ1v) is 9.72. The summed E-state index contributed by atoms with van der Waals surface area (Å²) in [6.45, 7) is 5.17. The highest BCUT2D eigenvalue weighted by molar-refractivity contribution is 5.92. The third-order valence-electron chi connectivity index (χ3n) is 5.03. The fourth-order valence-corrected chi connectivity index (χ4v) is 3.42. The highest BCUT2D eigenvalue weighted by Crippen LogP contribution is 2.32. The zero-order chi connectivity index (χ0) is 20.4. The molecule has 4 rings (SSSR count). The zero-order valence-electron chi connectivity index (χ0n) is 16.8. The molecule has 1 aliphatic rings. The summed E-state index contributed by atoms with van der Waals surface area (Å²) >= 11 is 0. The van der Waals surface area contributed by atoms with Gasteiger partial charge in [0.25, 0.3) is 5.91 Å². The van der Waals surface area contributed by atoms with E-state index in [0.29, 0.717) is 30.5 Å². The number of hydrogen-bond donors (Lipinski definition) is 0. The Morgan fingerprint density at radius 2 is 2.10 bits per heavy atom. The van der Waals surface area contributed by atoms with Gasteiger partial charge in [-0.25, -0.2) is 4.68 Å². The van der Waals surface area contributed by atoms with Crippen molar-refractivity contribution >= 4 is 5.91 Å². The number of ether oxygens (including phenoxy) is 1. The van der Waals surface area contributed by atoms with Crippen LogP contribution in [0.2, 0.25) is 0 Å². The van der Waals surface area contributed by atoms with Crippen LogP contribution in [0.5, 0.6) is 5.75 Å². The second-order valence-corrected chi connectivity index (χ2v) is 7.45. The molecule has 2 aromatic heterocycles. The molecule has 1 aromatic carbocycles. The van der Waals surface area contributed by atoms with Crippen molar-refractivity contribution in [2.75, 3.05) is 13.7 Å². The van der Waals surface area contributed by atoms with E-state index in [0.717, 1.165) is 24.2 Å². The van der Waals surface area contributed by atoms with Crippen molar-refractivity contribution < 1.29 is 14.1 Å². The minimum Gasteiger partial charge on any atom is -0.497 e. The fourth-order valence-electron chi connectivity index (χ4n) is 3.42. The Labute approximate surface area is 168 Å². The SMILES string of the molecule is COc1ccc(Cn2cc(C(=O)N3CCC[C@H]3c3nc(C(C)C)no3)nn2)cc1. The molecule has 9 heteroatoms. The largest absolute Gasteiger partial charge is 0.497 e. The number of rotatable bonds is 6. The predicted molar refractivity (Wildman–Crippen MR) is 104 cm³/mol. The van der Waals surface area contributed by atoms with Crippen LogP contribution in [0, 0.1) is 0 Å². The van der Waals surface area contributed by atoms with Crippen LogP contribution >= 0.6 is 0 Å². The molecule has 0 spiro atoms. The molecule has 29 heavy (non-hydrogen) atoms. The van der Waals surface area contributed by atoms with Crippen molar-refractivity contribution in [3.05, 3.63) is 53.4 Å². The second-order valence-electron chi connectivity index (χ2n) is 7.45. The quantitative estimate of drug-likeness (QED) is 0.632. The van der Waals surface area contributed by atoms with Gasteiger partial charge in [-0.3, -0.25) is 4.79 Å². The summed E-state index contributed by atoms with van der Waals surface area (Å²) in [7, 11) is 1.63. The smallest absolute Gasteiger partial charge is 0.276 e. The average Bonchev–Trinajstić information content (AvgIpc) is 3.47. The molecule has 1 aliphatic heterocycles. The lowest BCUT2D eigenvalue weighted by Crippen LogP contribution is -2.31. The topological polar surface area (TPSA) is 99.2 Å². The summed E-state index contributed by atoms with van der Waals surface area (Å²) in [5.41, 5.74) is 1.36. The summed E-state index contributed by atoms with van der Waals surface area (Å²) in [6, 6.07) is 7.49. The van der Waals surface area contributed by atoms with Crippen LogP contribution in [0.4, 0.5) is 0 Å². The first-order chi connectivity index (χ1) is 14.0. The van der Waals surface area contributed by atoms with Crippen molar-refractivity contribution in [2.45, 2.75) is 45.2 Å². The number of likely N-dealkylation sites (tertiary alicyclic amines) is 1. The maximum Gasteiger partial charge on any atom is 0.276 e. The van der Waals surface area contributed by atoms with E-state index >= 15 is 0 Å². The molecule has 0 saturated carbocycles. The molecule has 3 aromatic rings. The van der Waals surface area contributed by atoms with E-state index in [-0.39, 0.29) is 17.9 Å². The second kappa shape index (κ2) is 8.02. The molecule has 9 nitrogen and oxygen atoms in total. The van der Waals surface area contributed by atoms with E-state index in [1.807, 2.05) is 38.1 Å². The number of amides is 1. The third-order valence-corrected chi connectivity index (χ3v) is 5.03. The Balaban J connectivity index is 1.47. The summed E-state index contributed by atoms with van der Waals surface area (Å²) in [5, 5.41) is 12.2. The van der Waals surface area contributed by atoms with Crippen LogP contribution in [0.25, 0.3) is 0 Å². The number of hydrogen-bond acceptors (Lipinski definition) is 7. The standard InChI is InChI=1S/C20H24N6O3/c1-13(2)18-21-19(29-23-18)17-5-4-10-26(17)20(27)16-12-25(24-22-16)11-14-6-8-15(28-3)9-7-14/h6-9,12-13,17H,4-5,10-11H2,1-3H3/t17-/m0/s1. The minimum atomic E-state index is -0.214. The van der Waals surface area contributed by atoms with Gasteiger partial charge in [-0.2, -0.15) is 4.98 Å². The Morgan fingerprint density at radius 1 is 1.31 bits per heavy atom. The number of carbonyl (C=O) groups is 1. The Morgan fingerprint density at radius 3 is 2.79 bits per heavy atom. The summed E-state index contributed by atoms with van der Waals surface area (Å²) in [4.78, 5) is 19.2. The van der Waals surface area contributed by atoms with E-state index in [1.165, 1.54) is 0 Å². The van der Waals surface area contributed by atoms with Gasteiger partial charge >= 0.3 is 0 Å². The van der Waals surface area contributed by atoms with Crippen molar-refractivity contribution in [1.82, 2.24) is 30.0 Å². The van der Waals surface area contributed by atoms with Crippen molar-refractivity contribution in [3.63, 3.8) is 0 Å².